The molecule has 1 atom stereocenters. The molecule has 1 unspecified atom stereocenters. The van der Waals surface area contributed by atoms with Gasteiger partial charge in [-0.05, 0) is 26.2 Å². The van der Waals surface area contributed by atoms with Gasteiger partial charge in [-0.2, -0.15) is 0 Å². The highest BCUT2D eigenvalue weighted by molar-refractivity contribution is 6.24. The SMILES string of the molecule is CC1(Cl)[CH]CCC1. The van der Waals surface area contributed by atoms with Crippen molar-refractivity contribution in [1.82, 2.24) is 0 Å². The first-order chi connectivity index (χ1) is 3.21. The highest BCUT2D eigenvalue weighted by Gasteiger charge is 2.25. The molecule has 7 heavy (non-hydrogen) atoms. The summed E-state index contributed by atoms with van der Waals surface area (Å²) in [5.41, 5.74) is 0. The van der Waals surface area contributed by atoms with Crippen molar-refractivity contribution in [3.8, 4) is 0 Å². The first kappa shape index (κ1) is 5.43. The zero-order valence-corrected chi connectivity index (χ0v) is 5.33. The van der Waals surface area contributed by atoms with Crippen LogP contribution < -0.4 is 0 Å². The molecule has 0 aliphatic heterocycles. The van der Waals surface area contributed by atoms with Gasteiger partial charge in [0, 0.05) is 4.87 Å². The summed E-state index contributed by atoms with van der Waals surface area (Å²) in [5.74, 6) is 0. The molecule has 1 aliphatic rings. The Morgan fingerprint density at radius 1 is 1.71 bits per heavy atom. The molecule has 0 aromatic rings. The maximum Gasteiger partial charge on any atom is 0.0450 e. The van der Waals surface area contributed by atoms with Gasteiger partial charge in [-0.25, -0.2) is 0 Å². The number of hydrogen-bond acceptors (Lipinski definition) is 0. The molecule has 0 heterocycles. The van der Waals surface area contributed by atoms with Gasteiger partial charge in [0.1, 0.15) is 0 Å². The van der Waals surface area contributed by atoms with Crippen LogP contribution in [0.2, 0.25) is 0 Å². The molecule has 1 saturated carbocycles. The Labute approximate surface area is 49.9 Å². The lowest BCUT2D eigenvalue weighted by Crippen LogP contribution is -2.08. The van der Waals surface area contributed by atoms with Gasteiger partial charge in [-0.3, -0.25) is 0 Å². The average molecular weight is 118 g/mol. The summed E-state index contributed by atoms with van der Waals surface area (Å²) in [4.78, 5) is 0.0417. The minimum absolute atomic E-state index is 0.0417. The highest BCUT2D eigenvalue weighted by Crippen LogP contribution is 2.33. The summed E-state index contributed by atoms with van der Waals surface area (Å²) in [7, 11) is 0. The van der Waals surface area contributed by atoms with E-state index in [0.717, 1.165) is 6.42 Å². The third-order valence-electron chi connectivity index (χ3n) is 1.44. The molecule has 0 saturated heterocycles. The van der Waals surface area contributed by atoms with Crippen LogP contribution in [0.1, 0.15) is 26.2 Å². The van der Waals surface area contributed by atoms with Crippen LogP contribution in [0.25, 0.3) is 0 Å². The van der Waals surface area contributed by atoms with Crippen molar-refractivity contribution >= 4 is 11.6 Å². The summed E-state index contributed by atoms with van der Waals surface area (Å²) in [6.07, 6.45) is 5.84. The summed E-state index contributed by atoms with van der Waals surface area (Å²) in [6, 6.07) is 0. The zero-order valence-electron chi connectivity index (χ0n) is 4.58. The van der Waals surface area contributed by atoms with E-state index in [1.54, 1.807) is 0 Å². The summed E-state index contributed by atoms with van der Waals surface area (Å²) in [5, 5.41) is 0. The van der Waals surface area contributed by atoms with Gasteiger partial charge in [-0.1, -0.05) is 6.42 Å². The van der Waals surface area contributed by atoms with Crippen LogP contribution in [-0.4, -0.2) is 4.87 Å². The van der Waals surface area contributed by atoms with Crippen molar-refractivity contribution in [2.24, 2.45) is 0 Å². The molecule has 1 fully saturated rings. The Balaban J connectivity index is 2.40. The maximum absolute atomic E-state index is 5.91. The minimum Gasteiger partial charge on any atom is -0.119 e. The molecule has 0 N–H and O–H groups in total. The number of hydrogen-bond donors (Lipinski definition) is 0. The Morgan fingerprint density at radius 2 is 2.43 bits per heavy atom. The maximum atomic E-state index is 5.91. The van der Waals surface area contributed by atoms with Crippen LogP contribution in [-0.2, 0) is 0 Å². The van der Waals surface area contributed by atoms with Crippen molar-refractivity contribution < 1.29 is 0 Å². The van der Waals surface area contributed by atoms with Gasteiger partial charge in [0.2, 0.25) is 0 Å². The first-order valence-corrected chi connectivity index (χ1v) is 3.12. The monoisotopic (exact) mass is 117 g/mol. The van der Waals surface area contributed by atoms with E-state index in [2.05, 4.69) is 13.3 Å². The third-order valence-corrected chi connectivity index (χ3v) is 1.78. The minimum atomic E-state index is 0.0417. The topological polar surface area (TPSA) is 0 Å². The van der Waals surface area contributed by atoms with E-state index in [1.165, 1.54) is 12.8 Å². The van der Waals surface area contributed by atoms with Crippen molar-refractivity contribution in [2.75, 3.05) is 0 Å². The smallest absolute Gasteiger partial charge is 0.0450 e. The largest absolute Gasteiger partial charge is 0.119 e. The molecule has 0 nitrogen and oxygen atoms in total. The Kier molecular flexibility index (Phi) is 1.29. The normalized spacial score (nSPS) is 28.3. The molecule has 1 aliphatic carbocycles. The number of rotatable bonds is 0. The van der Waals surface area contributed by atoms with E-state index in [9.17, 15) is 0 Å². The standard InChI is InChI=1S/C6H10Cl/c1-6(7)4-2-3-5-6/h4H,2-3,5H2,1H3. The lowest BCUT2D eigenvalue weighted by Gasteiger charge is -2.10. The van der Waals surface area contributed by atoms with Gasteiger partial charge < -0.3 is 0 Å². The van der Waals surface area contributed by atoms with E-state index in [0.29, 0.717) is 0 Å². The fourth-order valence-electron chi connectivity index (χ4n) is 0.953. The fraction of sp³-hybridized carbons (Fsp3) is 0.833. The predicted octanol–water partition coefficient (Wildman–Crippen LogP) is 2.37. The first-order valence-electron chi connectivity index (χ1n) is 2.74. The van der Waals surface area contributed by atoms with Crippen LogP contribution in [0, 0.1) is 6.42 Å². The lowest BCUT2D eigenvalue weighted by atomic mass is 10.1. The summed E-state index contributed by atoms with van der Waals surface area (Å²) < 4.78 is 0. The molecule has 0 bridgehead atoms. The molecule has 1 heteroatoms. The van der Waals surface area contributed by atoms with E-state index in [4.69, 9.17) is 11.6 Å². The van der Waals surface area contributed by atoms with E-state index in [-0.39, 0.29) is 4.87 Å². The second kappa shape index (κ2) is 1.66. The van der Waals surface area contributed by atoms with Gasteiger partial charge in [0.05, 0.1) is 0 Å². The molecule has 41 valence electrons. The molecule has 0 amide bonds. The molecule has 0 aromatic heterocycles. The molecular formula is C6H10Cl. The number of halogens is 1. The lowest BCUT2D eigenvalue weighted by molar-refractivity contribution is 0.734. The quantitative estimate of drug-likeness (QED) is 0.428. The molecule has 0 aromatic carbocycles. The van der Waals surface area contributed by atoms with Crippen molar-refractivity contribution in [1.29, 1.82) is 0 Å². The molecule has 1 rings (SSSR count). The van der Waals surface area contributed by atoms with Gasteiger partial charge in [0.15, 0.2) is 0 Å². The molecule has 1 radical (unpaired) electrons. The van der Waals surface area contributed by atoms with Crippen LogP contribution in [0.5, 0.6) is 0 Å². The summed E-state index contributed by atoms with van der Waals surface area (Å²) in [6.45, 7) is 2.07. The Bertz CT molecular complexity index is 58.6. The molecule has 0 spiro atoms. The third kappa shape index (κ3) is 1.34. The Morgan fingerprint density at radius 3 is 2.57 bits per heavy atom. The van der Waals surface area contributed by atoms with Gasteiger partial charge in [-0.15, -0.1) is 11.6 Å². The van der Waals surface area contributed by atoms with E-state index < -0.39 is 0 Å². The van der Waals surface area contributed by atoms with Crippen molar-refractivity contribution in [3.63, 3.8) is 0 Å². The number of alkyl halides is 1. The van der Waals surface area contributed by atoms with Crippen LogP contribution >= 0.6 is 11.6 Å². The van der Waals surface area contributed by atoms with Crippen LogP contribution in [0.15, 0.2) is 0 Å². The van der Waals surface area contributed by atoms with E-state index in [1.807, 2.05) is 0 Å². The van der Waals surface area contributed by atoms with Crippen molar-refractivity contribution in [3.05, 3.63) is 6.42 Å². The fourth-order valence-corrected chi connectivity index (χ4v) is 1.20. The average Bonchev–Trinajstić information content (AvgIpc) is 1.84. The van der Waals surface area contributed by atoms with E-state index >= 15 is 0 Å². The van der Waals surface area contributed by atoms with Crippen LogP contribution in [0.4, 0.5) is 0 Å². The Hall–Kier alpha value is 0.290. The highest BCUT2D eigenvalue weighted by atomic mass is 35.5. The van der Waals surface area contributed by atoms with Gasteiger partial charge >= 0.3 is 0 Å². The van der Waals surface area contributed by atoms with Crippen LogP contribution in [0.3, 0.4) is 0 Å². The second-order valence-corrected chi connectivity index (χ2v) is 3.24. The van der Waals surface area contributed by atoms with Crippen molar-refractivity contribution in [2.45, 2.75) is 31.1 Å². The molecular weight excluding hydrogens is 108 g/mol. The second-order valence-electron chi connectivity index (χ2n) is 2.37. The predicted molar refractivity (Wildman–Crippen MR) is 32.4 cm³/mol. The summed E-state index contributed by atoms with van der Waals surface area (Å²) >= 11 is 5.91. The van der Waals surface area contributed by atoms with Gasteiger partial charge in [0.25, 0.3) is 0 Å². The zero-order chi connectivity index (χ0) is 5.33.